The van der Waals surface area contributed by atoms with Crippen LogP contribution >= 0.6 is 0 Å². The minimum Gasteiger partial charge on any atom is -0.494 e. The number of nitrogens with zero attached hydrogens (tertiary/aromatic N) is 1. The van der Waals surface area contributed by atoms with Gasteiger partial charge in [-0.2, -0.15) is 0 Å². The number of ether oxygens (including phenoxy) is 1. The number of hydrogen-bond donors (Lipinski definition) is 1. The Balaban J connectivity index is 2.12. The Kier molecular flexibility index (Phi) is 4.61. The van der Waals surface area contributed by atoms with Gasteiger partial charge in [0.25, 0.3) is 0 Å². The van der Waals surface area contributed by atoms with E-state index in [0.29, 0.717) is 12.0 Å². The molecule has 1 aromatic rings. The van der Waals surface area contributed by atoms with Crippen molar-refractivity contribution in [2.24, 2.45) is 5.92 Å². The molecule has 3 heteroatoms. The molecule has 0 aromatic heterocycles. The van der Waals surface area contributed by atoms with Crippen LogP contribution in [0.4, 0.5) is 0 Å². The summed E-state index contributed by atoms with van der Waals surface area (Å²) in [6.07, 6.45) is 1.27. The molecule has 1 fully saturated rings. The van der Waals surface area contributed by atoms with Crippen LogP contribution in [-0.2, 0) is 0 Å². The van der Waals surface area contributed by atoms with Crippen molar-refractivity contribution in [2.75, 3.05) is 33.8 Å². The molecule has 1 N–H and O–H groups in total. The van der Waals surface area contributed by atoms with E-state index in [9.17, 15) is 0 Å². The van der Waals surface area contributed by atoms with Crippen LogP contribution in [0.5, 0.6) is 5.75 Å². The Morgan fingerprint density at radius 3 is 2.67 bits per heavy atom. The molecule has 1 heterocycles. The van der Waals surface area contributed by atoms with Crippen LogP contribution in [0, 0.1) is 5.92 Å². The minimum atomic E-state index is 0.535. The quantitative estimate of drug-likeness (QED) is 0.865. The summed E-state index contributed by atoms with van der Waals surface area (Å²) in [4.78, 5) is 2.46. The highest BCUT2D eigenvalue weighted by atomic mass is 16.5. The minimum absolute atomic E-state index is 0.535. The zero-order valence-corrected chi connectivity index (χ0v) is 11.6. The van der Waals surface area contributed by atoms with Crippen LogP contribution in [0.1, 0.15) is 24.9 Å². The lowest BCUT2D eigenvalue weighted by molar-refractivity contribution is 0.274. The molecule has 1 saturated heterocycles. The molecule has 0 radical (unpaired) electrons. The zero-order valence-electron chi connectivity index (χ0n) is 11.6. The van der Waals surface area contributed by atoms with Gasteiger partial charge in [-0.3, -0.25) is 4.90 Å². The molecule has 0 saturated carbocycles. The molecule has 0 amide bonds. The predicted octanol–water partition coefficient (Wildman–Crippen LogP) is 2.30. The van der Waals surface area contributed by atoms with Crippen molar-refractivity contribution >= 4 is 0 Å². The third-order valence-electron chi connectivity index (χ3n) is 3.77. The third-order valence-corrected chi connectivity index (χ3v) is 3.77. The van der Waals surface area contributed by atoms with E-state index < -0.39 is 0 Å². The average molecular weight is 248 g/mol. The van der Waals surface area contributed by atoms with Crippen molar-refractivity contribution in [1.29, 1.82) is 0 Å². The van der Waals surface area contributed by atoms with Gasteiger partial charge in [0, 0.05) is 6.04 Å². The van der Waals surface area contributed by atoms with E-state index in [1.54, 1.807) is 0 Å². The summed E-state index contributed by atoms with van der Waals surface area (Å²) in [5.41, 5.74) is 1.40. The fourth-order valence-corrected chi connectivity index (χ4v) is 2.96. The molecule has 2 atom stereocenters. The molecule has 1 aromatic carbocycles. The van der Waals surface area contributed by atoms with E-state index in [1.807, 2.05) is 14.0 Å². The summed E-state index contributed by atoms with van der Waals surface area (Å²) in [7, 11) is 4.25. The van der Waals surface area contributed by atoms with E-state index in [4.69, 9.17) is 4.74 Å². The Bertz CT molecular complexity index is 361. The van der Waals surface area contributed by atoms with Gasteiger partial charge in [0.1, 0.15) is 5.75 Å². The maximum atomic E-state index is 5.50. The van der Waals surface area contributed by atoms with Crippen LogP contribution in [0.3, 0.4) is 0 Å². The lowest BCUT2D eigenvalue weighted by Gasteiger charge is -2.25. The molecular weight excluding hydrogens is 224 g/mol. The molecular formula is C15H24N2O. The Morgan fingerprint density at radius 2 is 2.06 bits per heavy atom. The lowest BCUT2D eigenvalue weighted by Crippen LogP contribution is -2.26. The fraction of sp³-hybridized carbons (Fsp3) is 0.600. The summed E-state index contributed by atoms with van der Waals surface area (Å²) in [5.74, 6) is 1.67. The highest BCUT2D eigenvalue weighted by Crippen LogP contribution is 2.36. The zero-order chi connectivity index (χ0) is 13.0. The van der Waals surface area contributed by atoms with Crippen LogP contribution < -0.4 is 10.1 Å². The van der Waals surface area contributed by atoms with Crippen LogP contribution in [0.25, 0.3) is 0 Å². The van der Waals surface area contributed by atoms with E-state index in [1.165, 1.54) is 18.5 Å². The largest absolute Gasteiger partial charge is 0.494 e. The number of rotatable bonds is 5. The standard InChI is InChI=1S/C15H24N2O/c1-4-18-14-7-5-12(6-8-14)15-13(11-16-2)9-10-17(15)3/h5-8,13,15-16H,4,9-11H2,1-3H3. The fourth-order valence-electron chi connectivity index (χ4n) is 2.96. The molecule has 1 aliphatic heterocycles. The lowest BCUT2D eigenvalue weighted by atomic mass is 9.93. The first kappa shape index (κ1) is 13.4. The second-order valence-electron chi connectivity index (χ2n) is 5.03. The number of nitrogens with one attached hydrogen (secondary N) is 1. The van der Waals surface area contributed by atoms with Gasteiger partial charge < -0.3 is 10.1 Å². The predicted molar refractivity (Wildman–Crippen MR) is 75.0 cm³/mol. The average Bonchev–Trinajstić information content (AvgIpc) is 2.73. The Morgan fingerprint density at radius 1 is 1.33 bits per heavy atom. The monoisotopic (exact) mass is 248 g/mol. The molecule has 2 unspecified atom stereocenters. The topological polar surface area (TPSA) is 24.5 Å². The Labute approximate surface area is 110 Å². The highest BCUT2D eigenvalue weighted by molar-refractivity contribution is 5.30. The van der Waals surface area contributed by atoms with Gasteiger partial charge in [0.15, 0.2) is 0 Å². The van der Waals surface area contributed by atoms with Gasteiger partial charge in [-0.05, 0) is 64.1 Å². The normalized spacial score (nSPS) is 24.4. The molecule has 0 aliphatic carbocycles. The van der Waals surface area contributed by atoms with Crippen LogP contribution in [-0.4, -0.2) is 38.7 Å². The van der Waals surface area contributed by atoms with Crippen molar-refractivity contribution in [2.45, 2.75) is 19.4 Å². The molecule has 18 heavy (non-hydrogen) atoms. The van der Waals surface area contributed by atoms with Crippen molar-refractivity contribution in [3.05, 3.63) is 29.8 Å². The first-order valence-corrected chi connectivity index (χ1v) is 6.83. The molecule has 0 spiro atoms. The van der Waals surface area contributed by atoms with Gasteiger partial charge in [0.2, 0.25) is 0 Å². The molecule has 0 bridgehead atoms. The van der Waals surface area contributed by atoms with Gasteiger partial charge in [-0.25, -0.2) is 0 Å². The number of likely N-dealkylation sites (tertiary alicyclic amines) is 1. The van der Waals surface area contributed by atoms with Crippen molar-refractivity contribution in [3.8, 4) is 5.75 Å². The SMILES string of the molecule is CCOc1ccc(C2C(CNC)CCN2C)cc1. The summed E-state index contributed by atoms with van der Waals surface area (Å²) < 4.78 is 5.50. The summed E-state index contributed by atoms with van der Waals surface area (Å²) >= 11 is 0. The van der Waals surface area contributed by atoms with Gasteiger partial charge >= 0.3 is 0 Å². The maximum Gasteiger partial charge on any atom is 0.119 e. The van der Waals surface area contributed by atoms with Crippen molar-refractivity contribution in [3.63, 3.8) is 0 Å². The first-order valence-electron chi connectivity index (χ1n) is 6.83. The van der Waals surface area contributed by atoms with Crippen molar-refractivity contribution in [1.82, 2.24) is 10.2 Å². The number of hydrogen-bond acceptors (Lipinski definition) is 3. The van der Waals surface area contributed by atoms with Crippen LogP contribution in [0.15, 0.2) is 24.3 Å². The van der Waals surface area contributed by atoms with Gasteiger partial charge in [-0.15, -0.1) is 0 Å². The highest BCUT2D eigenvalue weighted by Gasteiger charge is 2.32. The van der Waals surface area contributed by atoms with Crippen molar-refractivity contribution < 1.29 is 4.74 Å². The molecule has 1 aliphatic rings. The van der Waals surface area contributed by atoms with E-state index in [2.05, 4.69) is 41.5 Å². The summed E-state index contributed by atoms with van der Waals surface area (Å²) in [6.45, 7) is 5.01. The second-order valence-corrected chi connectivity index (χ2v) is 5.03. The molecule has 2 rings (SSSR count). The van der Waals surface area contributed by atoms with E-state index in [0.717, 1.165) is 18.9 Å². The summed E-state index contributed by atoms with van der Waals surface area (Å²) in [5, 5.41) is 3.31. The maximum absolute atomic E-state index is 5.50. The number of benzene rings is 1. The molecule has 3 nitrogen and oxygen atoms in total. The van der Waals surface area contributed by atoms with E-state index in [-0.39, 0.29) is 0 Å². The second kappa shape index (κ2) is 6.21. The first-order chi connectivity index (χ1) is 8.76. The van der Waals surface area contributed by atoms with Gasteiger partial charge in [0.05, 0.1) is 6.61 Å². The smallest absolute Gasteiger partial charge is 0.119 e. The summed E-state index contributed by atoms with van der Waals surface area (Å²) in [6, 6.07) is 9.12. The van der Waals surface area contributed by atoms with E-state index >= 15 is 0 Å². The Hall–Kier alpha value is -1.06. The molecule has 100 valence electrons. The van der Waals surface area contributed by atoms with Crippen LogP contribution in [0.2, 0.25) is 0 Å². The van der Waals surface area contributed by atoms with Gasteiger partial charge in [-0.1, -0.05) is 12.1 Å². The third kappa shape index (κ3) is 2.85.